The minimum Gasteiger partial charge on any atom is -0.480 e. The SMILES string of the molecule is CCNc1ncc(CN2C[C@H]3COC[C@@H]2CN(CC(=O)O)C3)cn1. The molecule has 0 amide bonds. The Morgan fingerprint density at radius 1 is 1.33 bits per heavy atom. The molecule has 0 unspecified atom stereocenters. The van der Waals surface area contributed by atoms with Crippen molar-refractivity contribution in [2.45, 2.75) is 19.5 Å². The molecule has 0 radical (unpaired) electrons. The molecule has 0 saturated carbocycles. The molecule has 2 aliphatic heterocycles. The van der Waals surface area contributed by atoms with Gasteiger partial charge in [-0.05, 0) is 6.92 Å². The molecular formula is C16H25N5O3. The lowest BCUT2D eigenvalue weighted by molar-refractivity contribution is -0.138. The van der Waals surface area contributed by atoms with Gasteiger partial charge in [-0.25, -0.2) is 9.97 Å². The first-order valence-corrected chi connectivity index (χ1v) is 8.44. The Labute approximate surface area is 141 Å². The fraction of sp³-hybridized carbons (Fsp3) is 0.688. The largest absolute Gasteiger partial charge is 0.480 e. The molecule has 0 aromatic carbocycles. The number of carboxylic acid groups (broad SMARTS) is 1. The number of carbonyl (C=O) groups is 1. The van der Waals surface area contributed by atoms with Crippen molar-refractivity contribution in [1.29, 1.82) is 0 Å². The highest BCUT2D eigenvalue weighted by Gasteiger charge is 2.33. The third kappa shape index (κ3) is 4.40. The summed E-state index contributed by atoms with van der Waals surface area (Å²) in [6.45, 7) is 7.41. The molecule has 3 rings (SSSR count). The number of ether oxygens (including phenoxy) is 1. The van der Waals surface area contributed by atoms with Crippen LogP contribution in [0.2, 0.25) is 0 Å². The zero-order valence-electron chi connectivity index (χ0n) is 14.0. The summed E-state index contributed by atoms with van der Waals surface area (Å²) >= 11 is 0. The third-order valence-corrected chi connectivity index (χ3v) is 4.44. The third-order valence-electron chi connectivity index (χ3n) is 4.44. The van der Waals surface area contributed by atoms with Gasteiger partial charge in [-0.1, -0.05) is 0 Å². The molecule has 8 nitrogen and oxygen atoms in total. The van der Waals surface area contributed by atoms with Gasteiger partial charge in [0.1, 0.15) is 0 Å². The lowest BCUT2D eigenvalue weighted by Crippen LogP contribution is -2.44. The number of hydrogen-bond donors (Lipinski definition) is 2. The van der Waals surface area contributed by atoms with Gasteiger partial charge in [0.2, 0.25) is 5.95 Å². The van der Waals surface area contributed by atoms with Crippen LogP contribution in [0.1, 0.15) is 12.5 Å². The van der Waals surface area contributed by atoms with Crippen LogP contribution in [0.25, 0.3) is 0 Å². The predicted octanol–water partition coefficient (Wildman–Crippen LogP) is 0.126. The topological polar surface area (TPSA) is 90.8 Å². The summed E-state index contributed by atoms with van der Waals surface area (Å²) < 4.78 is 5.78. The van der Waals surface area contributed by atoms with Gasteiger partial charge >= 0.3 is 5.97 Å². The van der Waals surface area contributed by atoms with Crippen molar-refractivity contribution in [1.82, 2.24) is 19.8 Å². The van der Waals surface area contributed by atoms with Gasteiger partial charge in [-0.15, -0.1) is 0 Å². The van der Waals surface area contributed by atoms with Crippen molar-refractivity contribution in [3.8, 4) is 0 Å². The molecule has 3 heterocycles. The standard InChI is InChI=1S/C16H25N5O3/c1-2-17-16-18-3-12(4-19-16)6-21-7-13-5-20(9-15(22)23)8-14(21)11-24-10-13/h3-4,13-14H,2,5-11H2,1H3,(H,22,23)(H,17,18,19)/t13-,14-/m0/s1. The van der Waals surface area contributed by atoms with Crippen LogP contribution in [0.3, 0.4) is 0 Å². The number of nitrogens with one attached hydrogen (secondary N) is 1. The smallest absolute Gasteiger partial charge is 0.317 e. The maximum absolute atomic E-state index is 11.0. The quantitative estimate of drug-likeness (QED) is 0.758. The van der Waals surface area contributed by atoms with Gasteiger partial charge in [0, 0.05) is 62.6 Å². The molecule has 2 saturated heterocycles. The summed E-state index contributed by atoms with van der Waals surface area (Å²) in [6, 6.07) is 0.199. The second kappa shape index (κ2) is 7.87. The Bertz CT molecular complexity index is 553. The number of anilines is 1. The van der Waals surface area contributed by atoms with E-state index in [0.717, 1.165) is 38.3 Å². The second-order valence-corrected chi connectivity index (χ2v) is 6.52. The van der Waals surface area contributed by atoms with Gasteiger partial charge in [-0.2, -0.15) is 0 Å². The Morgan fingerprint density at radius 2 is 2.12 bits per heavy atom. The molecule has 1 aromatic rings. The van der Waals surface area contributed by atoms with Gasteiger partial charge in [0.25, 0.3) is 0 Å². The number of carboxylic acids is 1. The van der Waals surface area contributed by atoms with Gasteiger partial charge in [-0.3, -0.25) is 14.6 Å². The summed E-state index contributed by atoms with van der Waals surface area (Å²) in [5, 5.41) is 12.2. The molecule has 2 N–H and O–H groups in total. The number of rotatable bonds is 6. The fourth-order valence-corrected chi connectivity index (χ4v) is 3.46. The molecule has 24 heavy (non-hydrogen) atoms. The van der Waals surface area contributed by atoms with Crippen molar-refractivity contribution < 1.29 is 14.6 Å². The molecule has 2 bridgehead atoms. The molecule has 2 fully saturated rings. The first-order valence-electron chi connectivity index (χ1n) is 8.44. The van der Waals surface area contributed by atoms with Crippen molar-refractivity contribution in [3.05, 3.63) is 18.0 Å². The van der Waals surface area contributed by atoms with Gasteiger partial charge < -0.3 is 15.2 Å². The highest BCUT2D eigenvalue weighted by atomic mass is 16.5. The minimum absolute atomic E-state index is 0.0985. The van der Waals surface area contributed by atoms with Crippen LogP contribution in [-0.2, 0) is 16.1 Å². The highest BCUT2D eigenvalue weighted by Crippen LogP contribution is 2.21. The number of fused-ring (bicyclic) bond motifs is 3. The Kier molecular flexibility index (Phi) is 5.60. The van der Waals surface area contributed by atoms with E-state index < -0.39 is 5.97 Å². The summed E-state index contributed by atoms with van der Waals surface area (Å²) in [6.07, 6.45) is 3.71. The predicted molar refractivity (Wildman–Crippen MR) is 88.8 cm³/mol. The maximum Gasteiger partial charge on any atom is 0.317 e. The molecule has 0 spiro atoms. The van der Waals surface area contributed by atoms with E-state index in [1.54, 1.807) is 0 Å². The Hall–Kier alpha value is -1.77. The maximum atomic E-state index is 11.0. The van der Waals surface area contributed by atoms with Crippen LogP contribution >= 0.6 is 0 Å². The zero-order valence-corrected chi connectivity index (χ0v) is 14.0. The molecular weight excluding hydrogens is 310 g/mol. The Morgan fingerprint density at radius 3 is 2.83 bits per heavy atom. The number of nitrogens with zero attached hydrogens (tertiary/aromatic N) is 4. The molecule has 1 aromatic heterocycles. The summed E-state index contributed by atoms with van der Waals surface area (Å²) in [5.41, 5.74) is 1.06. The first kappa shape index (κ1) is 17.1. The molecule has 0 aliphatic carbocycles. The van der Waals surface area contributed by atoms with Gasteiger partial charge in [0.15, 0.2) is 0 Å². The lowest BCUT2D eigenvalue weighted by atomic mass is 10.1. The molecule has 2 aliphatic rings. The van der Waals surface area contributed by atoms with Crippen molar-refractivity contribution in [2.24, 2.45) is 5.92 Å². The molecule has 132 valence electrons. The monoisotopic (exact) mass is 335 g/mol. The molecule has 2 atom stereocenters. The van der Waals surface area contributed by atoms with Crippen LogP contribution < -0.4 is 5.32 Å². The van der Waals surface area contributed by atoms with E-state index >= 15 is 0 Å². The van der Waals surface area contributed by atoms with E-state index in [0.29, 0.717) is 25.1 Å². The zero-order chi connectivity index (χ0) is 16.9. The number of hydrogen-bond acceptors (Lipinski definition) is 7. The summed E-state index contributed by atoms with van der Waals surface area (Å²) in [5.74, 6) is 0.209. The van der Waals surface area contributed by atoms with E-state index in [1.165, 1.54) is 0 Å². The number of aliphatic carboxylic acids is 1. The van der Waals surface area contributed by atoms with Crippen molar-refractivity contribution in [3.63, 3.8) is 0 Å². The van der Waals surface area contributed by atoms with Crippen molar-refractivity contribution in [2.75, 3.05) is 51.3 Å². The van der Waals surface area contributed by atoms with Crippen LogP contribution in [0, 0.1) is 5.92 Å². The first-order chi connectivity index (χ1) is 11.6. The van der Waals surface area contributed by atoms with Crippen LogP contribution in [0.5, 0.6) is 0 Å². The van der Waals surface area contributed by atoms with Crippen LogP contribution in [0.15, 0.2) is 12.4 Å². The Balaban J connectivity index is 1.67. The van der Waals surface area contributed by atoms with E-state index in [4.69, 9.17) is 9.84 Å². The fourth-order valence-electron chi connectivity index (χ4n) is 3.46. The van der Waals surface area contributed by atoms with E-state index in [2.05, 4.69) is 20.2 Å². The number of aromatic nitrogens is 2. The van der Waals surface area contributed by atoms with Gasteiger partial charge in [0.05, 0.1) is 19.8 Å². The summed E-state index contributed by atoms with van der Waals surface area (Å²) in [7, 11) is 0. The minimum atomic E-state index is -0.769. The van der Waals surface area contributed by atoms with E-state index in [1.807, 2.05) is 24.2 Å². The normalized spacial score (nSPS) is 25.2. The van der Waals surface area contributed by atoms with Crippen molar-refractivity contribution >= 4 is 11.9 Å². The van der Waals surface area contributed by atoms with E-state index in [-0.39, 0.29) is 12.6 Å². The van der Waals surface area contributed by atoms with E-state index in [9.17, 15) is 4.79 Å². The van der Waals surface area contributed by atoms with Crippen LogP contribution in [0.4, 0.5) is 5.95 Å². The van der Waals surface area contributed by atoms with Crippen LogP contribution in [-0.4, -0.2) is 82.8 Å². The molecule has 8 heteroatoms. The average molecular weight is 335 g/mol. The lowest BCUT2D eigenvalue weighted by Gasteiger charge is -2.30. The highest BCUT2D eigenvalue weighted by molar-refractivity contribution is 5.69. The summed E-state index contributed by atoms with van der Waals surface area (Å²) in [4.78, 5) is 24.1. The second-order valence-electron chi connectivity index (χ2n) is 6.52. The average Bonchev–Trinajstić information content (AvgIpc) is 2.79.